The number of para-hydroxylation sites is 2. The van der Waals surface area contributed by atoms with Crippen LogP contribution in [0, 0.1) is 0 Å². The summed E-state index contributed by atoms with van der Waals surface area (Å²) in [6, 6.07) is 7.56. The average molecular weight is 434 g/mol. The number of rotatable bonds is 15. The van der Waals surface area contributed by atoms with Gasteiger partial charge < -0.3 is 14.4 Å². The lowest BCUT2D eigenvalue weighted by atomic mass is 10.2. The van der Waals surface area contributed by atoms with Crippen molar-refractivity contribution in [1.29, 1.82) is 0 Å². The second kappa shape index (κ2) is 15.9. The van der Waals surface area contributed by atoms with E-state index in [0.717, 1.165) is 39.1 Å². The van der Waals surface area contributed by atoms with Crippen LogP contribution in [0.2, 0.25) is 0 Å². The highest BCUT2D eigenvalue weighted by atomic mass is 16.5. The first-order chi connectivity index (χ1) is 15.2. The minimum Gasteiger partial charge on any atom is -0.491 e. The van der Waals surface area contributed by atoms with E-state index >= 15 is 0 Å². The summed E-state index contributed by atoms with van der Waals surface area (Å²) in [5.41, 5.74) is 0.668. The third-order valence-electron chi connectivity index (χ3n) is 5.81. The summed E-state index contributed by atoms with van der Waals surface area (Å²) in [5, 5.41) is 2.83. The normalized spacial score (nSPS) is 15.0. The molecule has 0 aromatic heterocycles. The largest absolute Gasteiger partial charge is 0.491 e. The Labute approximate surface area is 189 Å². The van der Waals surface area contributed by atoms with E-state index in [1.165, 1.54) is 51.5 Å². The van der Waals surface area contributed by atoms with E-state index in [4.69, 9.17) is 9.47 Å². The van der Waals surface area contributed by atoms with Gasteiger partial charge in [-0.25, -0.2) is 4.79 Å². The molecule has 0 bridgehead atoms. The van der Waals surface area contributed by atoms with Gasteiger partial charge in [0.1, 0.15) is 12.4 Å². The average Bonchev–Trinajstić information content (AvgIpc) is 2.78. The number of benzene rings is 1. The van der Waals surface area contributed by atoms with Gasteiger partial charge in [0.2, 0.25) is 0 Å². The lowest BCUT2D eigenvalue weighted by molar-refractivity contribution is 0.0997. The fraction of sp³-hybridized carbons (Fsp3) is 0.720. The van der Waals surface area contributed by atoms with Crippen LogP contribution in [0.15, 0.2) is 24.3 Å². The van der Waals surface area contributed by atoms with Crippen LogP contribution in [0.4, 0.5) is 10.5 Å². The van der Waals surface area contributed by atoms with Gasteiger partial charge in [-0.2, -0.15) is 0 Å². The fourth-order valence-electron chi connectivity index (χ4n) is 3.82. The molecule has 0 saturated carbocycles. The Hall–Kier alpha value is -1.79. The van der Waals surface area contributed by atoms with Crippen LogP contribution in [0.3, 0.4) is 0 Å². The molecule has 6 heteroatoms. The Morgan fingerprint density at radius 2 is 1.48 bits per heavy atom. The minimum atomic E-state index is -0.419. The van der Waals surface area contributed by atoms with Crippen molar-refractivity contribution < 1.29 is 14.3 Å². The van der Waals surface area contributed by atoms with Gasteiger partial charge in [-0.15, -0.1) is 0 Å². The Kier molecular flexibility index (Phi) is 13.1. The Bertz CT molecular complexity index is 603. The molecule has 1 aromatic carbocycles. The first-order valence-corrected chi connectivity index (χ1v) is 12.3. The quantitative estimate of drug-likeness (QED) is 0.376. The highest BCUT2D eigenvalue weighted by Crippen LogP contribution is 2.24. The van der Waals surface area contributed by atoms with Crippen molar-refractivity contribution in [1.82, 2.24) is 9.80 Å². The lowest BCUT2D eigenvalue weighted by Crippen LogP contribution is -2.47. The van der Waals surface area contributed by atoms with E-state index in [9.17, 15) is 4.79 Å². The third-order valence-corrected chi connectivity index (χ3v) is 5.81. The highest BCUT2D eigenvalue weighted by molar-refractivity contribution is 5.86. The molecular formula is C25H43N3O3. The van der Waals surface area contributed by atoms with Crippen molar-refractivity contribution in [3.63, 3.8) is 0 Å². The van der Waals surface area contributed by atoms with Crippen LogP contribution in [0.25, 0.3) is 0 Å². The van der Waals surface area contributed by atoms with Crippen LogP contribution in [0.5, 0.6) is 5.75 Å². The molecule has 0 radical (unpaired) electrons. The predicted molar refractivity (Wildman–Crippen MR) is 128 cm³/mol. The van der Waals surface area contributed by atoms with Crippen LogP contribution in [-0.4, -0.2) is 68.4 Å². The predicted octanol–water partition coefficient (Wildman–Crippen LogP) is 5.39. The van der Waals surface area contributed by atoms with Gasteiger partial charge in [0.15, 0.2) is 0 Å². The highest BCUT2D eigenvalue weighted by Gasteiger charge is 2.16. The molecule has 1 aliphatic heterocycles. The summed E-state index contributed by atoms with van der Waals surface area (Å²) >= 11 is 0. The Balaban J connectivity index is 1.61. The van der Waals surface area contributed by atoms with Crippen LogP contribution in [0.1, 0.15) is 65.2 Å². The van der Waals surface area contributed by atoms with Crippen molar-refractivity contribution >= 4 is 11.8 Å². The zero-order chi connectivity index (χ0) is 22.2. The molecule has 1 fully saturated rings. The summed E-state index contributed by atoms with van der Waals surface area (Å²) in [7, 11) is 0. The molecule has 0 atom stereocenters. The fourth-order valence-corrected chi connectivity index (χ4v) is 3.82. The van der Waals surface area contributed by atoms with E-state index in [-0.39, 0.29) is 0 Å². The molecule has 1 aliphatic rings. The van der Waals surface area contributed by atoms with Crippen LogP contribution in [-0.2, 0) is 4.74 Å². The standard InChI is InChI=1S/C25H43N3O3/c1-3-5-7-8-12-21-30-24-14-10-9-13-23(24)26-25(29)31-22-20-28-18-16-27(17-19-28)15-11-6-4-2/h9-10,13-14H,3-8,11-12,15-22H2,1-2H3,(H,26,29). The number of amides is 1. The number of hydrogen-bond donors (Lipinski definition) is 1. The second-order valence-corrected chi connectivity index (χ2v) is 8.41. The molecule has 0 unspecified atom stereocenters. The molecule has 0 spiro atoms. The monoisotopic (exact) mass is 433 g/mol. The minimum absolute atomic E-state index is 0.405. The second-order valence-electron chi connectivity index (χ2n) is 8.41. The van der Waals surface area contributed by atoms with Gasteiger partial charge >= 0.3 is 6.09 Å². The SMILES string of the molecule is CCCCCCCOc1ccccc1NC(=O)OCCN1CCN(CCCCC)CC1. The third kappa shape index (κ3) is 10.9. The van der Waals surface area contributed by atoms with Crippen molar-refractivity contribution in [3.8, 4) is 5.75 Å². The zero-order valence-electron chi connectivity index (χ0n) is 19.7. The number of anilines is 1. The topological polar surface area (TPSA) is 54.0 Å². The number of carbonyl (C=O) groups is 1. The molecule has 176 valence electrons. The first kappa shape index (κ1) is 25.5. The Morgan fingerprint density at radius 1 is 0.839 bits per heavy atom. The van der Waals surface area contributed by atoms with Crippen molar-refractivity contribution in [2.24, 2.45) is 0 Å². The summed E-state index contributed by atoms with van der Waals surface area (Å²) < 4.78 is 11.3. The number of nitrogens with one attached hydrogen (secondary N) is 1. The van der Waals surface area contributed by atoms with Crippen molar-refractivity contribution in [3.05, 3.63) is 24.3 Å². The molecule has 1 saturated heterocycles. The zero-order valence-corrected chi connectivity index (χ0v) is 19.7. The van der Waals surface area contributed by atoms with Crippen LogP contribution >= 0.6 is 0 Å². The van der Waals surface area contributed by atoms with Crippen molar-refractivity contribution in [2.45, 2.75) is 65.2 Å². The maximum absolute atomic E-state index is 12.2. The molecular weight excluding hydrogens is 390 g/mol. The smallest absolute Gasteiger partial charge is 0.411 e. The number of unbranched alkanes of at least 4 members (excludes halogenated alkanes) is 6. The number of piperazine rings is 1. The summed E-state index contributed by atoms with van der Waals surface area (Å²) in [6.07, 6.45) is 9.44. The molecule has 1 N–H and O–H groups in total. The molecule has 2 rings (SSSR count). The van der Waals surface area contributed by atoms with E-state index in [1.54, 1.807) is 0 Å². The number of nitrogens with zero attached hydrogens (tertiary/aromatic N) is 2. The number of hydrogen-bond acceptors (Lipinski definition) is 5. The van der Waals surface area contributed by atoms with E-state index in [0.29, 0.717) is 24.7 Å². The van der Waals surface area contributed by atoms with E-state index in [1.807, 2.05) is 24.3 Å². The summed E-state index contributed by atoms with van der Waals surface area (Å²) in [4.78, 5) is 17.2. The molecule has 6 nitrogen and oxygen atoms in total. The van der Waals surface area contributed by atoms with Gasteiger partial charge in [-0.1, -0.05) is 64.5 Å². The summed E-state index contributed by atoms with van der Waals surface area (Å²) in [6.45, 7) is 11.8. The Morgan fingerprint density at radius 3 is 2.23 bits per heavy atom. The van der Waals surface area contributed by atoms with Gasteiger partial charge in [-0.3, -0.25) is 10.2 Å². The van der Waals surface area contributed by atoms with Crippen molar-refractivity contribution in [2.75, 3.05) is 57.8 Å². The maximum Gasteiger partial charge on any atom is 0.411 e. The summed E-state index contributed by atoms with van der Waals surface area (Å²) in [5.74, 6) is 0.703. The van der Waals surface area contributed by atoms with Gasteiger partial charge in [-0.05, 0) is 31.5 Å². The van der Waals surface area contributed by atoms with Crippen LogP contribution < -0.4 is 10.1 Å². The van der Waals surface area contributed by atoms with E-state index in [2.05, 4.69) is 29.0 Å². The van der Waals surface area contributed by atoms with Gasteiger partial charge in [0.05, 0.1) is 12.3 Å². The molecule has 31 heavy (non-hydrogen) atoms. The van der Waals surface area contributed by atoms with Gasteiger partial charge in [0.25, 0.3) is 0 Å². The van der Waals surface area contributed by atoms with E-state index < -0.39 is 6.09 Å². The first-order valence-electron chi connectivity index (χ1n) is 12.3. The molecule has 1 aromatic rings. The number of ether oxygens (including phenoxy) is 2. The molecule has 0 aliphatic carbocycles. The molecule has 1 amide bonds. The number of carbonyl (C=O) groups excluding carboxylic acids is 1. The maximum atomic E-state index is 12.2. The molecule has 1 heterocycles. The lowest BCUT2D eigenvalue weighted by Gasteiger charge is -2.34. The van der Waals surface area contributed by atoms with Gasteiger partial charge in [0, 0.05) is 32.7 Å².